The highest BCUT2D eigenvalue weighted by atomic mass is 16.5. The monoisotopic (exact) mass is 424 g/mol. The average Bonchev–Trinajstić information content (AvgIpc) is 3.33. The summed E-state index contributed by atoms with van der Waals surface area (Å²) in [7, 11) is 0. The third kappa shape index (κ3) is 4.52. The second-order valence-electron chi connectivity index (χ2n) is 8.37. The molecule has 3 aromatic carbocycles. The zero-order chi connectivity index (χ0) is 21.8. The van der Waals surface area contributed by atoms with Crippen LogP contribution in [-0.4, -0.2) is 16.0 Å². The molecule has 0 bridgehead atoms. The summed E-state index contributed by atoms with van der Waals surface area (Å²) in [5, 5.41) is 8.14. The van der Waals surface area contributed by atoms with E-state index in [4.69, 9.17) is 14.7 Å². The predicted molar refractivity (Wildman–Crippen MR) is 130 cm³/mol. The van der Waals surface area contributed by atoms with Crippen LogP contribution in [0.3, 0.4) is 0 Å². The summed E-state index contributed by atoms with van der Waals surface area (Å²) in [5.41, 5.74) is 3.10. The number of benzene rings is 3. The van der Waals surface area contributed by atoms with Gasteiger partial charge in [-0.1, -0.05) is 61.4 Å². The molecule has 0 unspecified atom stereocenters. The average molecular weight is 425 g/mol. The van der Waals surface area contributed by atoms with Crippen LogP contribution in [0.25, 0.3) is 10.9 Å². The molecule has 1 heterocycles. The molecule has 1 saturated carbocycles. The van der Waals surface area contributed by atoms with Crippen LogP contribution in [0, 0.1) is 6.92 Å². The second-order valence-corrected chi connectivity index (χ2v) is 8.37. The van der Waals surface area contributed by atoms with Gasteiger partial charge in [0.2, 0.25) is 5.95 Å². The molecule has 1 fully saturated rings. The number of rotatable bonds is 7. The van der Waals surface area contributed by atoms with Crippen molar-refractivity contribution in [1.82, 2.24) is 9.97 Å². The highest BCUT2D eigenvalue weighted by Gasteiger charge is 2.17. The summed E-state index contributed by atoms with van der Waals surface area (Å²) in [6.45, 7) is 2.63. The maximum Gasteiger partial charge on any atom is 0.225 e. The highest BCUT2D eigenvalue weighted by Crippen LogP contribution is 2.29. The second kappa shape index (κ2) is 9.27. The lowest BCUT2D eigenvalue weighted by atomic mass is 10.2. The molecular weight excluding hydrogens is 396 g/mol. The number of ether oxygens (including phenoxy) is 1. The van der Waals surface area contributed by atoms with E-state index in [1.165, 1.54) is 25.7 Å². The summed E-state index contributed by atoms with van der Waals surface area (Å²) in [6, 6.07) is 24.8. The van der Waals surface area contributed by atoms with Crippen molar-refractivity contribution in [2.45, 2.75) is 45.2 Å². The molecule has 32 heavy (non-hydrogen) atoms. The largest absolute Gasteiger partial charge is 0.457 e. The van der Waals surface area contributed by atoms with Crippen molar-refractivity contribution >= 4 is 22.7 Å². The van der Waals surface area contributed by atoms with Gasteiger partial charge in [-0.2, -0.15) is 4.98 Å². The smallest absolute Gasteiger partial charge is 0.225 e. The van der Waals surface area contributed by atoms with Crippen LogP contribution in [0.5, 0.6) is 11.5 Å². The molecule has 5 heteroatoms. The summed E-state index contributed by atoms with van der Waals surface area (Å²) < 4.78 is 6.22. The standard InChI is InChI=1S/C27H28N4O/c1-19-10-2-8-16-24(19)32-25-17-9-3-11-20(25)18-28-27-30-23-15-7-6-14-22(23)26(31-27)29-21-12-4-5-13-21/h2-3,6-11,14-17,21H,4-5,12-13,18H2,1H3,(H2,28,29,30,31). The van der Waals surface area contributed by atoms with E-state index in [0.29, 0.717) is 18.5 Å². The third-order valence-electron chi connectivity index (χ3n) is 6.02. The van der Waals surface area contributed by atoms with Crippen LogP contribution in [0.1, 0.15) is 36.8 Å². The fraction of sp³-hybridized carbons (Fsp3) is 0.259. The van der Waals surface area contributed by atoms with Gasteiger partial charge < -0.3 is 15.4 Å². The number of para-hydroxylation sites is 3. The fourth-order valence-corrected chi connectivity index (χ4v) is 4.24. The van der Waals surface area contributed by atoms with E-state index in [9.17, 15) is 0 Å². The van der Waals surface area contributed by atoms with E-state index in [-0.39, 0.29) is 0 Å². The van der Waals surface area contributed by atoms with Crippen molar-refractivity contribution in [3.8, 4) is 11.5 Å². The minimum Gasteiger partial charge on any atom is -0.457 e. The fourth-order valence-electron chi connectivity index (χ4n) is 4.24. The van der Waals surface area contributed by atoms with Crippen molar-refractivity contribution in [2.75, 3.05) is 10.6 Å². The van der Waals surface area contributed by atoms with Gasteiger partial charge >= 0.3 is 0 Å². The zero-order valence-electron chi connectivity index (χ0n) is 18.3. The Kier molecular flexibility index (Phi) is 5.88. The quantitative estimate of drug-likeness (QED) is 0.346. The number of hydrogen-bond donors (Lipinski definition) is 2. The number of hydrogen-bond acceptors (Lipinski definition) is 5. The minimum atomic E-state index is 0.490. The Balaban J connectivity index is 1.38. The number of anilines is 2. The molecule has 0 saturated heterocycles. The summed E-state index contributed by atoms with van der Waals surface area (Å²) in [5.74, 6) is 3.23. The summed E-state index contributed by atoms with van der Waals surface area (Å²) in [4.78, 5) is 9.58. The molecule has 0 radical (unpaired) electrons. The topological polar surface area (TPSA) is 59.1 Å². The van der Waals surface area contributed by atoms with Gasteiger partial charge in [0.1, 0.15) is 17.3 Å². The Morgan fingerprint density at radius 3 is 2.41 bits per heavy atom. The number of fused-ring (bicyclic) bond motifs is 1. The molecule has 0 aliphatic heterocycles. The Morgan fingerprint density at radius 1 is 0.844 bits per heavy atom. The van der Waals surface area contributed by atoms with Crippen LogP contribution in [0.4, 0.5) is 11.8 Å². The maximum absolute atomic E-state index is 6.22. The maximum atomic E-state index is 6.22. The van der Waals surface area contributed by atoms with E-state index in [0.717, 1.165) is 39.3 Å². The Bertz CT molecular complexity index is 1220. The normalized spacial score (nSPS) is 13.9. The number of nitrogens with one attached hydrogen (secondary N) is 2. The van der Waals surface area contributed by atoms with Crippen LogP contribution in [0.15, 0.2) is 72.8 Å². The molecular formula is C27H28N4O. The molecule has 5 nitrogen and oxygen atoms in total. The van der Waals surface area contributed by atoms with Gasteiger partial charge in [0, 0.05) is 23.5 Å². The molecule has 4 aromatic rings. The first-order valence-electron chi connectivity index (χ1n) is 11.3. The first kappa shape index (κ1) is 20.3. The van der Waals surface area contributed by atoms with Gasteiger partial charge in [-0.3, -0.25) is 0 Å². The van der Waals surface area contributed by atoms with Crippen LogP contribution < -0.4 is 15.4 Å². The lowest BCUT2D eigenvalue weighted by Gasteiger charge is -2.17. The van der Waals surface area contributed by atoms with E-state index in [2.05, 4.69) is 35.8 Å². The van der Waals surface area contributed by atoms with E-state index in [1.807, 2.05) is 54.6 Å². The van der Waals surface area contributed by atoms with Crippen LogP contribution in [0.2, 0.25) is 0 Å². The molecule has 1 aromatic heterocycles. The SMILES string of the molecule is Cc1ccccc1Oc1ccccc1CNc1nc(NC2CCCC2)c2ccccc2n1. The van der Waals surface area contributed by atoms with Crippen molar-refractivity contribution < 1.29 is 4.74 Å². The summed E-state index contributed by atoms with van der Waals surface area (Å²) in [6.07, 6.45) is 4.96. The number of aromatic nitrogens is 2. The molecule has 5 rings (SSSR count). The van der Waals surface area contributed by atoms with Gasteiger partial charge in [-0.05, 0) is 49.6 Å². The number of nitrogens with zero attached hydrogens (tertiary/aromatic N) is 2. The Morgan fingerprint density at radius 2 is 1.56 bits per heavy atom. The lowest BCUT2D eigenvalue weighted by Crippen LogP contribution is -2.17. The first-order valence-corrected chi connectivity index (χ1v) is 11.3. The van der Waals surface area contributed by atoms with E-state index >= 15 is 0 Å². The van der Waals surface area contributed by atoms with Crippen LogP contribution in [-0.2, 0) is 6.54 Å². The van der Waals surface area contributed by atoms with E-state index < -0.39 is 0 Å². The summed E-state index contributed by atoms with van der Waals surface area (Å²) >= 11 is 0. The molecule has 0 atom stereocenters. The predicted octanol–water partition coefficient (Wildman–Crippen LogP) is 6.70. The minimum absolute atomic E-state index is 0.490. The van der Waals surface area contributed by atoms with Crippen molar-refractivity contribution in [2.24, 2.45) is 0 Å². The number of aryl methyl sites for hydroxylation is 1. The van der Waals surface area contributed by atoms with Gasteiger partial charge in [0.25, 0.3) is 0 Å². The zero-order valence-corrected chi connectivity index (χ0v) is 18.3. The van der Waals surface area contributed by atoms with Gasteiger partial charge in [-0.15, -0.1) is 0 Å². The van der Waals surface area contributed by atoms with Gasteiger partial charge in [0.05, 0.1) is 5.52 Å². The molecule has 1 aliphatic carbocycles. The van der Waals surface area contributed by atoms with Crippen molar-refractivity contribution in [3.05, 3.63) is 83.9 Å². The van der Waals surface area contributed by atoms with Crippen LogP contribution >= 0.6 is 0 Å². The Hall–Kier alpha value is -3.60. The molecule has 2 N–H and O–H groups in total. The third-order valence-corrected chi connectivity index (χ3v) is 6.02. The molecule has 0 amide bonds. The molecule has 1 aliphatic rings. The van der Waals surface area contributed by atoms with Gasteiger partial charge in [-0.25, -0.2) is 4.98 Å². The van der Waals surface area contributed by atoms with Gasteiger partial charge in [0.15, 0.2) is 0 Å². The van der Waals surface area contributed by atoms with Crippen molar-refractivity contribution in [3.63, 3.8) is 0 Å². The Labute approximate surface area is 188 Å². The van der Waals surface area contributed by atoms with E-state index in [1.54, 1.807) is 0 Å². The van der Waals surface area contributed by atoms with Crippen molar-refractivity contribution in [1.29, 1.82) is 0 Å². The molecule has 162 valence electrons. The highest BCUT2D eigenvalue weighted by molar-refractivity contribution is 5.90. The molecule has 0 spiro atoms. The first-order chi connectivity index (χ1) is 15.8. The lowest BCUT2D eigenvalue weighted by molar-refractivity contribution is 0.473.